The van der Waals surface area contributed by atoms with Gasteiger partial charge in [-0.2, -0.15) is 5.10 Å². The smallest absolute Gasteiger partial charge is 0.282 e. The number of benzene rings is 1. The molecule has 112 valence electrons. The Morgan fingerprint density at radius 2 is 2.09 bits per heavy atom. The minimum atomic E-state index is -0.173. The lowest BCUT2D eigenvalue weighted by molar-refractivity contribution is 0.703. The summed E-state index contributed by atoms with van der Waals surface area (Å²) < 4.78 is 1.76. The summed E-state index contributed by atoms with van der Waals surface area (Å²) in [7, 11) is 1.61. The minimum absolute atomic E-state index is 0.173. The van der Waals surface area contributed by atoms with Crippen molar-refractivity contribution in [1.29, 1.82) is 0 Å². The highest BCUT2D eigenvalue weighted by molar-refractivity contribution is 9.10. The van der Waals surface area contributed by atoms with Crippen molar-refractivity contribution in [1.82, 2.24) is 14.8 Å². The summed E-state index contributed by atoms with van der Waals surface area (Å²) in [5, 5.41) is 10.2. The first kappa shape index (κ1) is 14.9. The Kier molecular flexibility index (Phi) is 4.35. The summed E-state index contributed by atoms with van der Waals surface area (Å²) in [5.74, 6) is 0. The number of halogens is 1. The van der Waals surface area contributed by atoms with Crippen LogP contribution in [0.25, 0.3) is 10.6 Å². The molecule has 1 aromatic carbocycles. The fraction of sp³-hybridized carbons (Fsp3) is 0.133. The Morgan fingerprint density at radius 1 is 1.32 bits per heavy atom. The van der Waals surface area contributed by atoms with Gasteiger partial charge < -0.3 is 5.32 Å². The zero-order chi connectivity index (χ0) is 15.5. The third-order valence-electron chi connectivity index (χ3n) is 3.11. The highest BCUT2D eigenvalue weighted by Crippen LogP contribution is 2.24. The van der Waals surface area contributed by atoms with Crippen molar-refractivity contribution >= 4 is 33.0 Å². The number of anilines is 1. The molecule has 0 aliphatic carbocycles. The number of nitrogens with one attached hydrogen (secondary N) is 1. The minimum Gasteiger partial charge on any atom is -0.377 e. The molecule has 0 spiro atoms. The van der Waals surface area contributed by atoms with Crippen molar-refractivity contribution in [3.8, 4) is 10.6 Å². The average molecular weight is 377 g/mol. The predicted molar refractivity (Wildman–Crippen MR) is 92.1 cm³/mol. The van der Waals surface area contributed by atoms with Gasteiger partial charge in [0.25, 0.3) is 5.56 Å². The average Bonchev–Trinajstić information content (AvgIpc) is 3.02. The summed E-state index contributed by atoms with van der Waals surface area (Å²) in [6.07, 6.45) is 1.62. The Hall–Kier alpha value is -1.99. The zero-order valence-electron chi connectivity index (χ0n) is 11.8. The van der Waals surface area contributed by atoms with E-state index in [9.17, 15) is 4.79 Å². The molecule has 0 amide bonds. The van der Waals surface area contributed by atoms with Crippen LogP contribution in [-0.2, 0) is 13.6 Å². The second kappa shape index (κ2) is 6.41. The van der Waals surface area contributed by atoms with E-state index in [0.29, 0.717) is 16.7 Å². The van der Waals surface area contributed by atoms with Crippen LogP contribution in [0.4, 0.5) is 5.69 Å². The van der Waals surface area contributed by atoms with Crippen LogP contribution < -0.4 is 10.9 Å². The lowest BCUT2D eigenvalue weighted by atomic mass is 10.2. The molecule has 3 aromatic rings. The Bertz CT molecular complexity index is 844. The van der Waals surface area contributed by atoms with Gasteiger partial charge in [0.05, 0.1) is 24.1 Å². The third-order valence-corrected chi connectivity index (χ3v) is 4.82. The highest BCUT2D eigenvalue weighted by atomic mass is 79.9. The molecule has 7 heteroatoms. The number of nitrogens with zero attached hydrogens (tertiary/aromatic N) is 3. The first-order chi connectivity index (χ1) is 10.6. The molecule has 3 rings (SSSR count). The number of thiazole rings is 1. The molecule has 22 heavy (non-hydrogen) atoms. The topological polar surface area (TPSA) is 59.8 Å². The fourth-order valence-corrected chi connectivity index (χ4v) is 3.25. The molecule has 0 fully saturated rings. The molecule has 2 aromatic heterocycles. The van der Waals surface area contributed by atoms with Crippen LogP contribution in [0, 0.1) is 0 Å². The normalized spacial score (nSPS) is 10.6. The first-order valence-corrected chi connectivity index (χ1v) is 8.28. The van der Waals surface area contributed by atoms with Gasteiger partial charge in [-0.05, 0) is 15.9 Å². The van der Waals surface area contributed by atoms with E-state index in [2.05, 4.69) is 31.3 Å². The van der Waals surface area contributed by atoms with Gasteiger partial charge in [0.1, 0.15) is 9.48 Å². The number of hydrogen-bond donors (Lipinski definition) is 1. The van der Waals surface area contributed by atoms with Crippen LogP contribution >= 0.6 is 27.3 Å². The second-order valence-electron chi connectivity index (χ2n) is 4.66. The van der Waals surface area contributed by atoms with Crippen molar-refractivity contribution in [3.05, 3.63) is 62.4 Å². The summed E-state index contributed by atoms with van der Waals surface area (Å²) in [5.41, 5.74) is 2.53. The Labute approximate surface area is 139 Å². The van der Waals surface area contributed by atoms with Crippen LogP contribution in [-0.4, -0.2) is 14.8 Å². The van der Waals surface area contributed by atoms with Gasteiger partial charge in [0.2, 0.25) is 0 Å². The van der Waals surface area contributed by atoms with Crippen molar-refractivity contribution in [2.24, 2.45) is 7.05 Å². The number of hydrogen-bond acceptors (Lipinski definition) is 5. The second-order valence-corrected chi connectivity index (χ2v) is 6.32. The Balaban J connectivity index is 1.74. The maximum absolute atomic E-state index is 11.8. The fourth-order valence-electron chi connectivity index (χ4n) is 1.92. The molecule has 0 bridgehead atoms. The monoisotopic (exact) mass is 376 g/mol. The molecule has 0 unspecified atom stereocenters. The van der Waals surface area contributed by atoms with Crippen LogP contribution in [0.2, 0.25) is 0 Å². The molecule has 1 N–H and O–H groups in total. The van der Waals surface area contributed by atoms with Gasteiger partial charge in [-0.1, -0.05) is 30.3 Å². The lowest BCUT2D eigenvalue weighted by Crippen LogP contribution is -2.21. The highest BCUT2D eigenvalue weighted by Gasteiger charge is 2.08. The quantitative estimate of drug-likeness (QED) is 0.758. The zero-order valence-corrected chi connectivity index (χ0v) is 14.2. The summed E-state index contributed by atoms with van der Waals surface area (Å²) in [4.78, 5) is 16.4. The van der Waals surface area contributed by atoms with Gasteiger partial charge in [-0.3, -0.25) is 4.79 Å². The lowest BCUT2D eigenvalue weighted by Gasteiger charge is -2.07. The molecule has 0 atom stereocenters. The van der Waals surface area contributed by atoms with Crippen LogP contribution in [0.3, 0.4) is 0 Å². The van der Waals surface area contributed by atoms with Gasteiger partial charge in [0, 0.05) is 18.0 Å². The van der Waals surface area contributed by atoms with E-state index >= 15 is 0 Å². The van der Waals surface area contributed by atoms with Gasteiger partial charge in [-0.25, -0.2) is 9.67 Å². The van der Waals surface area contributed by atoms with Crippen LogP contribution in [0.1, 0.15) is 5.69 Å². The van der Waals surface area contributed by atoms with Crippen molar-refractivity contribution in [2.75, 3.05) is 5.32 Å². The molecule has 2 heterocycles. The van der Waals surface area contributed by atoms with Crippen molar-refractivity contribution in [2.45, 2.75) is 6.54 Å². The van der Waals surface area contributed by atoms with Gasteiger partial charge >= 0.3 is 0 Å². The number of rotatable bonds is 4. The molecule has 0 radical (unpaired) electrons. The van der Waals surface area contributed by atoms with Gasteiger partial charge in [-0.15, -0.1) is 11.3 Å². The van der Waals surface area contributed by atoms with E-state index < -0.39 is 0 Å². The van der Waals surface area contributed by atoms with E-state index in [4.69, 9.17) is 0 Å². The summed E-state index contributed by atoms with van der Waals surface area (Å²) in [6, 6.07) is 10.1. The predicted octanol–water partition coefficient (Wildman–Crippen LogP) is 3.28. The maximum Gasteiger partial charge on any atom is 0.282 e. The molecule has 0 aliphatic rings. The maximum atomic E-state index is 11.8. The SMILES string of the molecule is Cn1ncc(NCc2csc(-c3ccccc3)n2)c(Br)c1=O. The molecule has 0 aliphatic heterocycles. The summed E-state index contributed by atoms with van der Waals surface area (Å²) in [6.45, 7) is 0.538. The van der Waals surface area contributed by atoms with E-state index in [0.717, 1.165) is 16.3 Å². The van der Waals surface area contributed by atoms with Crippen LogP contribution in [0.5, 0.6) is 0 Å². The van der Waals surface area contributed by atoms with E-state index in [1.54, 1.807) is 24.6 Å². The van der Waals surface area contributed by atoms with E-state index in [1.807, 2.05) is 35.7 Å². The van der Waals surface area contributed by atoms with E-state index in [-0.39, 0.29) is 5.56 Å². The van der Waals surface area contributed by atoms with Crippen molar-refractivity contribution < 1.29 is 0 Å². The largest absolute Gasteiger partial charge is 0.377 e. The van der Waals surface area contributed by atoms with Crippen molar-refractivity contribution in [3.63, 3.8) is 0 Å². The van der Waals surface area contributed by atoms with E-state index in [1.165, 1.54) is 4.68 Å². The molecule has 0 saturated heterocycles. The molecule has 0 saturated carbocycles. The summed E-state index contributed by atoms with van der Waals surface area (Å²) >= 11 is 4.90. The third kappa shape index (κ3) is 3.10. The Morgan fingerprint density at radius 3 is 2.86 bits per heavy atom. The number of aryl methyl sites for hydroxylation is 1. The standard InChI is InChI=1S/C15H13BrN4OS/c1-20-15(21)13(16)12(8-18-20)17-7-11-9-22-14(19-11)10-5-3-2-4-6-10/h2-6,8-9,17H,7H2,1H3. The molecule has 5 nitrogen and oxygen atoms in total. The van der Waals surface area contributed by atoms with Crippen LogP contribution in [0.15, 0.2) is 51.2 Å². The molecular formula is C15H13BrN4OS. The first-order valence-electron chi connectivity index (χ1n) is 6.60. The number of aromatic nitrogens is 3. The molecular weight excluding hydrogens is 364 g/mol. The van der Waals surface area contributed by atoms with Gasteiger partial charge in [0.15, 0.2) is 0 Å².